The largest absolute Gasteiger partial charge is 0.482 e. The second-order valence-electron chi connectivity index (χ2n) is 3.01. The molecule has 0 saturated heterocycles. The molecule has 0 radical (unpaired) electrons. The fourth-order valence-corrected chi connectivity index (χ4v) is 1.46. The van der Waals surface area contributed by atoms with E-state index < -0.39 is 5.91 Å². The van der Waals surface area contributed by atoms with Crippen molar-refractivity contribution in [3.05, 3.63) is 28.2 Å². The number of amides is 1. The van der Waals surface area contributed by atoms with Crippen molar-refractivity contribution in [3.63, 3.8) is 0 Å². The number of carbonyl (C=O) groups excluding carboxylic acids is 1. The van der Waals surface area contributed by atoms with Crippen LogP contribution in [0.1, 0.15) is 0 Å². The summed E-state index contributed by atoms with van der Waals surface area (Å²) in [6.45, 7) is -0.316. The van der Waals surface area contributed by atoms with Gasteiger partial charge >= 0.3 is 0 Å². The first-order valence-electron chi connectivity index (χ1n) is 4.63. The lowest BCUT2D eigenvalue weighted by Gasteiger charge is -2.07. The highest BCUT2D eigenvalue weighted by atomic mass is 35.5. The molecule has 3 N–H and O–H groups in total. The summed E-state index contributed by atoms with van der Waals surface area (Å²) in [6, 6.07) is 4.60. The van der Waals surface area contributed by atoms with Gasteiger partial charge in [0.2, 0.25) is 12.2 Å². The number of aliphatic imine (C=N–C) groups is 1. The fourth-order valence-electron chi connectivity index (χ4n) is 0.996. The minimum atomic E-state index is -0.558. The number of nitrogens with one attached hydrogen (secondary N) is 1. The third-order valence-corrected chi connectivity index (χ3v) is 2.22. The van der Waals surface area contributed by atoms with Crippen LogP contribution in [0, 0.1) is 11.5 Å². The number of carbonyl (C=O) groups is 1. The second-order valence-corrected chi connectivity index (χ2v) is 3.85. The number of benzene rings is 1. The Morgan fingerprint density at radius 1 is 1.56 bits per heavy atom. The SMILES string of the molecule is N#CN=C(N)NC(=O)COc1ccc(Cl)cc1Cl. The van der Waals surface area contributed by atoms with Gasteiger partial charge < -0.3 is 10.5 Å². The number of rotatable bonds is 3. The Morgan fingerprint density at radius 2 is 2.28 bits per heavy atom. The Labute approximate surface area is 113 Å². The Hall–Kier alpha value is -1.97. The summed E-state index contributed by atoms with van der Waals surface area (Å²) < 4.78 is 5.14. The molecule has 8 heteroatoms. The predicted octanol–water partition coefficient (Wildman–Crippen LogP) is 1.28. The first kappa shape index (κ1) is 14.1. The third kappa shape index (κ3) is 4.49. The summed E-state index contributed by atoms with van der Waals surface area (Å²) in [5.74, 6) is -0.544. The number of hydrogen-bond acceptors (Lipinski definition) is 4. The van der Waals surface area contributed by atoms with Crippen LogP contribution in [-0.2, 0) is 4.79 Å². The molecule has 0 heterocycles. The molecule has 1 aromatic rings. The van der Waals surface area contributed by atoms with Gasteiger partial charge in [0, 0.05) is 5.02 Å². The zero-order valence-corrected chi connectivity index (χ0v) is 10.5. The molecule has 18 heavy (non-hydrogen) atoms. The van der Waals surface area contributed by atoms with E-state index in [4.69, 9.17) is 38.9 Å². The smallest absolute Gasteiger partial charge is 0.264 e. The number of nitriles is 1. The number of hydrogen-bond donors (Lipinski definition) is 2. The van der Waals surface area contributed by atoms with E-state index in [-0.39, 0.29) is 17.6 Å². The lowest BCUT2D eigenvalue weighted by molar-refractivity contribution is -0.121. The van der Waals surface area contributed by atoms with Crippen LogP contribution in [0.4, 0.5) is 0 Å². The van der Waals surface area contributed by atoms with Crippen molar-refractivity contribution in [2.45, 2.75) is 0 Å². The van der Waals surface area contributed by atoms with Crippen LogP contribution in [-0.4, -0.2) is 18.5 Å². The Balaban J connectivity index is 2.53. The molecule has 0 spiro atoms. The van der Waals surface area contributed by atoms with Crippen molar-refractivity contribution in [2.24, 2.45) is 10.7 Å². The van der Waals surface area contributed by atoms with Crippen LogP contribution >= 0.6 is 23.2 Å². The van der Waals surface area contributed by atoms with E-state index in [0.29, 0.717) is 10.8 Å². The summed E-state index contributed by atoms with van der Waals surface area (Å²) in [4.78, 5) is 14.4. The molecular weight excluding hydrogens is 279 g/mol. The Morgan fingerprint density at radius 3 is 2.89 bits per heavy atom. The average Bonchev–Trinajstić information content (AvgIpc) is 2.28. The minimum Gasteiger partial charge on any atom is -0.482 e. The molecule has 0 atom stereocenters. The minimum absolute atomic E-state index is 0.286. The fraction of sp³-hybridized carbons (Fsp3) is 0.100. The molecule has 1 aromatic carbocycles. The summed E-state index contributed by atoms with van der Waals surface area (Å²) >= 11 is 11.5. The second kappa shape index (κ2) is 6.69. The maximum absolute atomic E-state index is 11.3. The first-order valence-corrected chi connectivity index (χ1v) is 5.38. The van der Waals surface area contributed by atoms with Gasteiger partial charge in [-0.1, -0.05) is 23.2 Å². The number of ether oxygens (including phenoxy) is 1. The summed E-state index contributed by atoms with van der Waals surface area (Å²) in [6.07, 6.45) is 1.43. The normalized spacial score (nSPS) is 10.6. The summed E-state index contributed by atoms with van der Waals surface area (Å²) in [5.41, 5.74) is 5.20. The van der Waals surface area contributed by atoms with Crippen LogP contribution in [0.15, 0.2) is 23.2 Å². The summed E-state index contributed by atoms with van der Waals surface area (Å²) in [5, 5.41) is 11.1. The van der Waals surface area contributed by atoms with Gasteiger partial charge in [-0.25, -0.2) is 0 Å². The van der Waals surface area contributed by atoms with Gasteiger partial charge in [-0.15, -0.1) is 4.99 Å². The lowest BCUT2D eigenvalue weighted by atomic mass is 10.3. The summed E-state index contributed by atoms with van der Waals surface area (Å²) in [7, 11) is 0. The number of nitrogens with two attached hydrogens (primary N) is 1. The van der Waals surface area contributed by atoms with E-state index in [2.05, 4.69) is 10.3 Å². The van der Waals surface area contributed by atoms with Crippen molar-refractivity contribution in [1.82, 2.24) is 5.32 Å². The topological polar surface area (TPSA) is 101 Å². The standard InChI is InChI=1S/C10H8Cl2N4O2/c11-6-1-2-8(7(12)3-6)18-4-9(17)16-10(14)15-5-13/h1-3H,4H2,(H3,14,15,16,17). The van der Waals surface area contributed by atoms with Gasteiger partial charge in [-0.2, -0.15) is 5.26 Å². The monoisotopic (exact) mass is 286 g/mol. The number of guanidine groups is 1. The van der Waals surface area contributed by atoms with Crippen molar-refractivity contribution in [1.29, 1.82) is 5.26 Å². The van der Waals surface area contributed by atoms with Crippen molar-refractivity contribution in [2.75, 3.05) is 6.61 Å². The molecule has 6 nitrogen and oxygen atoms in total. The molecule has 0 aliphatic rings. The molecule has 0 aromatic heterocycles. The predicted molar refractivity (Wildman–Crippen MR) is 67.3 cm³/mol. The quantitative estimate of drug-likeness (QED) is 0.497. The van der Waals surface area contributed by atoms with E-state index in [1.807, 2.05) is 0 Å². The molecule has 0 saturated carbocycles. The van der Waals surface area contributed by atoms with Crippen LogP contribution < -0.4 is 15.8 Å². The molecule has 0 bridgehead atoms. The van der Waals surface area contributed by atoms with Gasteiger partial charge in [-0.3, -0.25) is 10.1 Å². The average molecular weight is 287 g/mol. The molecule has 0 aliphatic heterocycles. The Bertz CT molecular complexity index is 525. The van der Waals surface area contributed by atoms with Gasteiger partial charge in [0.15, 0.2) is 6.61 Å². The maximum atomic E-state index is 11.3. The van der Waals surface area contributed by atoms with Gasteiger partial charge in [0.25, 0.3) is 5.91 Å². The molecule has 1 amide bonds. The van der Waals surface area contributed by atoms with Crippen LogP contribution in [0.3, 0.4) is 0 Å². The highest BCUT2D eigenvalue weighted by Crippen LogP contribution is 2.27. The first-order chi connectivity index (χ1) is 8.52. The molecule has 94 valence electrons. The van der Waals surface area contributed by atoms with E-state index in [9.17, 15) is 4.79 Å². The van der Waals surface area contributed by atoms with E-state index >= 15 is 0 Å². The molecule has 0 aliphatic carbocycles. The third-order valence-electron chi connectivity index (χ3n) is 1.69. The van der Waals surface area contributed by atoms with Gasteiger partial charge in [0.1, 0.15) is 5.75 Å². The number of halogens is 2. The van der Waals surface area contributed by atoms with Crippen molar-refractivity contribution < 1.29 is 9.53 Å². The Kier molecular flexibility index (Phi) is 5.24. The van der Waals surface area contributed by atoms with E-state index in [1.54, 1.807) is 6.07 Å². The van der Waals surface area contributed by atoms with Gasteiger partial charge in [0.05, 0.1) is 5.02 Å². The van der Waals surface area contributed by atoms with E-state index in [0.717, 1.165) is 0 Å². The zero-order chi connectivity index (χ0) is 13.5. The number of nitrogens with zero attached hydrogens (tertiary/aromatic N) is 2. The highest BCUT2D eigenvalue weighted by Gasteiger charge is 2.07. The van der Waals surface area contributed by atoms with Crippen molar-refractivity contribution >= 4 is 35.1 Å². The lowest BCUT2D eigenvalue weighted by Crippen LogP contribution is -2.39. The maximum Gasteiger partial charge on any atom is 0.264 e. The van der Waals surface area contributed by atoms with Crippen LogP contribution in [0.2, 0.25) is 10.0 Å². The molecule has 0 unspecified atom stereocenters. The van der Waals surface area contributed by atoms with Crippen LogP contribution in [0.5, 0.6) is 5.75 Å². The van der Waals surface area contributed by atoms with E-state index in [1.165, 1.54) is 18.3 Å². The zero-order valence-electron chi connectivity index (χ0n) is 8.98. The molecule has 0 fully saturated rings. The highest BCUT2D eigenvalue weighted by molar-refractivity contribution is 6.35. The molecule has 1 rings (SSSR count). The van der Waals surface area contributed by atoms with Crippen LogP contribution in [0.25, 0.3) is 0 Å². The van der Waals surface area contributed by atoms with Crippen molar-refractivity contribution in [3.8, 4) is 11.9 Å². The van der Waals surface area contributed by atoms with Gasteiger partial charge in [-0.05, 0) is 18.2 Å². The molecular formula is C10H8Cl2N4O2.